The second kappa shape index (κ2) is 6.79. The van der Waals surface area contributed by atoms with Crippen LogP contribution >= 0.6 is 27.3 Å². The first-order chi connectivity index (χ1) is 9.97. The summed E-state index contributed by atoms with van der Waals surface area (Å²) in [5, 5.41) is 14.3. The molecule has 1 fully saturated rings. The van der Waals surface area contributed by atoms with Crippen LogP contribution in [-0.2, 0) is 11.3 Å². The molecule has 1 aliphatic rings. The summed E-state index contributed by atoms with van der Waals surface area (Å²) in [4.78, 5) is 26.3. The molecule has 0 aliphatic carbocycles. The fraction of sp³-hybridized carbons (Fsp3) is 0.571. The quantitative estimate of drug-likeness (QED) is 0.830. The first-order valence-electron chi connectivity index (χ1n) is 6.96. The molecule has 0 spiro atoms. The molecule has 1 aliphatic heterocycles. The van der Waals surface area contributed by atoms with Crippen LogP contribution in [0.4, 0.5) is 4.79 Å². The van der Waals surface area contributed by atoms with Crippen molar-refractivity contribution < 1.29 is 14.7 Å². The Morgan fingerprint density at radius 1 is 1.57 bits per heavy atom. The van der Waals surface area contributed by atoms with Gasteiger partial charge in [0.25, 0.3) is 0 Å². The van der Waals surface area contributed by atoms with Crippen molar-refractivity contribution >= 4 is 39.3 Å². The number of thiophene rings is 1. The van der Waals surface area contributed by atoms with Crippen molar-refractivity contribution in [1.82, 2.24) is 10.2 Å². The Balaban J connectivity index is 1.91. The van der Waals surface area contributed by atoms with Gasteiger partial charge < -0.3 is 15.3 Å². The van der Waals surface area contributed by atoms with Crippen molar-refractivity contribution in [2.24, 2.45) is 5.41 Å². The summed E-state index contributed by atoms with van der Waals surface area (Å²) < 4.78 is 1.01. The van der Waals surface area contributed by atoms with E-state index in [1.54, 1.807) is 16.2 Å². The largest absolute Gasteiger partial charge is 0.481 e. The molecule has 2 rings (SSSR count). The number of carbonyl (C=O) groups is 2. The van der Waals surface area contributed by atoms with Gasteiger partial charge in [0, 0.05) is 27.8 Å². The van der Waals surface area contributed by atoms with Crippen molar-refractivity contribution in [3.8, 4) is 0 Å². The zero-order valence-electron chi connectivity index (χ0n) is 11.9. The van der Waals surface area contributed by atoms with Crippen molar-refractivity contribution in [2.45, 2.75) is 32.7 Å². The number of urea groups is 1. The Bertz CT molecular complexity index is 534. The van der Waals surface area contributed by atoms with E-state index in [2.05, 4.69) is 21.2 Å². The van der Waals surface area contributed by atoms with Crippen LogP contribution in [0.25, 0.3) is 0 Å². The predicted molar refractivity (Wildman–Crippen MR) is 85.4 cm³/mol. The number of hydrogen-bond donors (Lipinski definition) is 2. The molecular weight excluding hydrogens is 356 g/mol. The van der Waals surface area contributed by atoms with E-state index in [9.17, 15) is 14.7 Å². The molecule has 2 N–H and O–H groups in total. The van der Waals surface area contributed by atoms with Gasteiger partial charge in [-0.2, -0.15) is 0 Å². The van der Waals surface area contributed by atoms with E-state index in [1.165, 1.54) is 0 Å². The van der Waals surface area contributed by atoms with Crippen molar-refractivity contribution in [3.05, 3.63) is 20.8 Å². The van der Waals surface area contributed by atoms with Gasteiger partial charge in [0.05, 0.1) is 12.0 Å². The molecule has 0 bridgehead atoms. The third kappa shape index (κ3) is 3.77. The smallest absolute Gasteiger partial charge is 0.317 e. The second-order valence-corrected chi connectivity index (χ2v) is 7.31. The third-order valence-electron chi connectivity index (χ3n) is 3.86. The Labute approximate surface area is 136 Å². The van der Waals surface area contributed by atoms with Crippen molar-refractivity contribution in [2.75, 3.05) is 13.1 Å². The number of aliphatic carboxylic acids is 1. The van der Waals surface area contributed by atoms with Gasteiger partial charge in [-0.05, 0) is 34.8 Å². The number of carboxylic acids is 1. The van der Waals surface area contributed by atoms with Crippen LogP contribution < -0.4 is 5.32 Å². The van der Waals surface area contributed by atoms with E-state index in [-0.39, 0.29) is 6.03 Å². The zero-order chi connectivity index (χ0) is 15.5. The minimum atomic E-state index is -0.790. The molecule has 1 aromatic rings. The summed E-state index contributed by atoms with van der Waals surface area (Å²) >= 11 is 4.95. The van der Waals surface area contributed by atoms with Crippen LogP contribution in [0.3, 0.4) is 0 Å². The lowest BCUT2D eigenvalue weighted by atomic mass is 9.83. The van der Waals surface area contributed by atoms with E-state index in [4.69, 9.17) is 0 Å². The zero-order valence-corrected chi connectivity index (χ0v) is 14.3. The number of carbonyl (C=O) groups excluding carboxylic acids is 1. The summed E-state index contributed by atoms with van der Waals surface area (Å²) in [6.07, 6.45) is 1.96. The highest BCUT2D eigenvalue weighted by molar-refractivity contribution is 9.10. The van der Waals surface area contributed by atoms with E-state index in [1.807, 2.05) is 18.4 Å². The molecule has 0 saturated carbocycles. The van der Waals surface area contributed by atoms with Gasteiger partial charge in [-0.25, -0.2) is 4.79 Å². The number of nitrogens with zero attached hydrogens (tertiary/aromatic N) is 1. The van der Waals surface area contributed by atoms with Crippen molar-refractivity contribution in [3.63, 3.8) is 0 Å². The molecule has 0 radical (unpaired) electrons. The number of rotatable bonds is 5. The molecule has 1 atom stereocenters. The number of halogens is 1. The lowest BCUT2D eigenvalue weighted by molar-refractivity contribution is -0.148. The van der Waals surface area contributed by atoms with Crippen LogP contribution in [0.1, 0.15) is 31.1 Å². The molecule has 21 heavy (non-hydrogen) atoms. The summed E-state index contributed by atoms with van der Waals surface area (Å²) in [6, 6.07) is 1.78. The fourth-order valence-corrected chi connectivity index (χ4v) is 4.12. The van der Waals surface area contributed by atoms with Crippen molar-refractivity contribution in [1.29, 1.82) is 0 Å². The normalized spacial score (nSPS) is 21.5. The van der Waals surface area contributed by atoms with Crippen LogP contribution in [0.15, 0.2) is 15.9 Å². The average Bonchev–Trinajstić information content (AvgIpc) is 3.04. The van der Waals surface area contributed by atoms with Crippen LogP contribution in [0.2, 0.25) is 0 Å². The predicted octanol–water partition coefficient (Wildman–Crippen LogP) is 3.30. The van der Waals surface area contributed by atoms with Gasteiger partial charge in [-0.15, -0.1) is 11.3 Å². The van der Waals surface area contributed by atoms with Gasteiger partial charge in [-0.3, -0.25) is 4.79 Å². The molecule has 7 heteroatoms. The maximum Gasteiger partial charge on any atom is 0.317 e. The number of nitrogens with one attached hydrogen (secondary N) is 1. The summed E-state index contributed by atoms with van der Waals surface area (Å²) in [5.74, 6) is -0.790. The van der Waals surface area contributed by atoms with E-state index in [0.717, 1.165) is 15.8 Å². The first-order valence-corrected chi connectivity index (χ1v) is 8.63. The SMILES string of the molecule is CCCC1(C(=O)O)CCN(C(=O)NCc2cc(Br)cs2)C1. The Morgan fingerprint density at radius 3 is 2.90 bits per heavy atom. The summed E-state index contributed by atoms with van der Waals surface area (Å²) in [7, 11) is 0. The Kier molecular flexibility index (Phi) is 5.27. The highest BCUT2D eigenvalue weighted by Gasteiger charge is 2.45. The molecule has 1 aromatic heterocycles. The number of amides is 2. The van der Waals surface area contributed by atoms with Gasteiger partial charge in [0.2, 0.25) is 0 Å². The fourth-order valence-electron chi connectivity index (χ4n) is 2.73. The lowest BCUT2D eigenvalue weighted by Crippen LogP contribution is -2.41. The van der Waals surface area contributed by atoms with Gasteiger partial charge >= 0.3 is 12.0 Å². The number of likely N-dealkylation sites (tertiary alicyclic amines) is 1. The molecule has 5 nitrogen and oxygen atoms in total. The molecule has 1 unspecified atom stereocenters. The van der Waals surface area contributed by atoms with E-state index in [0.29, 0.717) is 32.5 Å². The van der Waals surface area contributed by atoms with E-state index >= 15 is 0 Å². The van der Waals surface area contributed by atoms with Gasteiger partial charge in [0.15, 0.2) is 0 Å². The molecule has 2 heterocycles. The Hall–Kier alpha value is -1.08. The van der Waals surface area contributed by atoms with E-state index < -0.39 is 11.4 Å². The van der Waals surface area contributed by atoms with Crippen LogP contribution in [-0.4, -0.2) is 35.1 Å². The summed E-state index contributed by atoms with van der Waals surface area (Å²) in [5.41, 5.74) is -0.766. The summed E-state index contributed by atoms with van der Waals surface area (Å²) in [6.45, 7) is 3.25. The van der Waals surface area contributed by atoms with Crippen LogP contribution in [0, 0.1) is 5.41 Å². The first kappa shape index (κ1) is 16.3. The topological polar surface area (TPSA) is 69.6 Å². The lowest BCUT2D eigenvalue weighted by Gasteiger charge is -2.24. The minimum absolute atomic E-state index is 0.182. The minimum Gasteiger partial charge on any atom is -0.481 e. The highest BCUT2D eigenvalue weighted by atomic mass is 79.9. The maximum absolute atomic E-state index is 12.2. The highest BCUT2D eigenvalue weighted by Crippen LogP contribution is 2.35. The average molecular weight is 375 g/mol. The molecule has 2 amide bonds. The van der Waals surface area contributed by atoms with Gasteiger partial charge in [-0.1, -0.05) is 13.3 Å². The molecular formula is C14H19BrN2O3S. The number of hydrogen-bond acceptors (Lipinski definition) is 3. The Morgan fingerprint density at radius 2 is 2.33 bits per heavy atom. The standard InChI is InChI=1S/C14H19BrN2O3S/c1-2-3-14(12(18)19)4-5-17(9-14)13(20)16-7-11-6-10(15)8-21-11/h6,8H,2-5,7,9H2,1H3,(H,16,20)(H,18,19). The molecule has 116 valence electrons. The molecule has 0 aromatic carbocycles. The maximum atomic E-state index is 12.2. The van der Waals surface area contributed by atoms with Crippen LogP contribution in [0.5, 0.6) is 0 Å². The van der Waals surface area contributed by atoms with Gasteiger partial charge in [0.1, 0.15) is 0 Å². The second-order valence-electron chi connectivity index (χ2n) is 5.40. The number of carboxylic acid groups (broad SMARTS) is 1. The molecule has 1 saturated heterocycles. The monoisotopic (exact) mass is 374 g/mol. The third-order valence-corrected chi connectivity index (χ3v) is 5.56.